The third kappa shape index (κ3) is 6.09. The standard InChI is InChI=1S/C30H31F9O3S2/c1-25(2,3)20-12-16-23(17-13-20)43(22-10-8-7-9-11-22,24-18-14-21(15-19-24)26(4,5)6)42-44(40,41)30(38,39)28(33,34)27(31,32)29(35,36)37/h7-19H,1-6H3. The van der Waals surface area contributed by atoms with E-state index < -0.39 is 54.5 Å². The Morgan fingerprint density at radius 2 is 0.841 bits per heavy atom. The fourth-order valence-corrected chi connectivity index (χ4v) is 9.32. The van der Waals surface area contributed by atoms with Gasteiger partial charge in [0.1, 0.15) is 0 Å². The lowest BCUT2D eigenvalue weighted by Gasteiger charge is -2.41. The zero-order valence-electron chi connectivity index (χ0n) is 24.4. The van der Waals surface area contributed by atoms with Crippen molar-refractivity contribution in [3.8, 4) is 0 Å². The fraction of sp³-hybridized carbons (Fsp3) is 0.400. The molecule has 44 heavy (non-hydrogen) atoms. The number of hydrogen-bond acceptors (Lipinski definition) is 3. The van der Waals surface area contributed by atoms with E-state index in [9.17, 15) is 39.2 Å². The first-order chi connectivity index (χ1) is 19.7. The number of alkyl halides is 9. The van der Waals surface area contributed by atoms with Gasteiger partial charge in [-0.3, -0.25) is 0 Å². The summed E-state index contributed by atoms with van der Waals surface area (Å²) in [5.41, 5.74) is 0.469. The predicted molar refractivity (Wildman–Crippen MR) is 150 cm³/mol. The van der Waals surface area contributed by atoms with Gasteiger partial charge in [-0.05, 0) is 68.7 Å². The van der Waals surface area contributed by atoms with Gasteiger partial charge in [-0.1, -0.05) is 84.0 Å². The van der Waals surface area contributed by atoms with Crippen molar-refractivity contribution in [3.63, 3.8) is 0 Å². The Labute approximate surface area is 252 Å². The average Bonchev–Trinajstić information content (AvgIpc) is 2.90. The number of hydrogen-bond donors (Lipinski definition) is 0. The highest BCUT2D eigenvalue weighted by atomic mass is 32.3. The molecule has 0 saturated carbocycles. The van der Waals surface area contributed by atoms with Crippen LogP contribution >= 0.6 is 10.3 Å². The third-order valence-corrected chi connectivity index (χ3v) is 12.0. The van der Waals surface area contributed by atoms with Crippen molar-refractivity contribution in [2.75, 3.05) is 0 Å². The number of benzene rings is 3. The maximum absolute atomic E-state index is 15.1. The minimum atomic E-state index is -7.45. The lowest BCUT2D eigenvalue weighted by atomic mass is 9.87. The summed E-state index contributed by atoms with van der Waals surface area (Å²) in [6.07, 6.45) is -7.22. The molecule has 0 bridgehead atoms. The van der Waals surface area contributed by atoms with E-state index in [0.717, 1.165) is 0 Å². The second kappa shape index (κ2) is 11.3. The van der Waals surface area contributed by atoms with E-state index in [1.54, 1.807) is 0 Å². The molecule has 0 fully saturated rings. The van der Waals surface area contributed by atoms with Crippen LogP contribution in [0.3, 0.4) is 0 Å². The van der Waals surface area contributed by atoms with Crippen LogP contribution in [0.1, 0.15) is 52.7 Å². The zero-order chi connectivity index (χ0) is 33.8. The van der Waals surface area contributed by atoms with Crippen LogP contribution in [0.15, 0.2) is 93.5 Å². The summed E-state index contributed by atoms with van der Waals surface area (Å²) in [4.78, 5) is -0.409. The van der Waals surface area contributed by atoms with Crippen LogP contribution in [-0.4, -0.2) is 31.7 Å². The molecule has 0 spiro atoms. The smallest absolute Gasteiger partial charge is 0.202 e. The van der Waals surface area contributed by atoms with Gasteiger partial charge in [0.15, 0.2) is 0 Å². The van der Waals surface area contributed by atoms with Gasteiger partial charge in [0.25, 0.3) is 0 Å². The van der Waals surface area contributed by atoms with Crippen LogP contribution in [0.25, 0.3) is 0 Å². The maximum atomic E-state index is 15.1. The van der Waals surface area contributed by atoms with E-state index in [1.165, 1.54) is 78.9 Å². The molecular weight excluding hydrogens is 643 g/mol. The Morgan fingerprint density at radius 1 is 0.500 bits per heavy atom. The van der Waals surface area contributed by atoms with Crippen LogP contribution in [-0.2, 0) is 24.6 Å². The van der Waals surface area contributed by atoms with E-state index in [1.807, 2.05) is 41.5 Å². The molecule has 14 heteroatoms. The average molecular weight is 675 g/mol. The molecular formula is C30H31F9O3S2. The van der Waals surface area contributed by atoms with Crippen LogP contribution in [0.5, 0.6) is 0 Å². The summed E-state index contributed by atoms with van der Waals surface area (Å²) in [7, 11) is -11.3. The molecule has 0 saturated heterocycles. The quantitative estimate of drug-likeness (QED) is 0.224. The van der Waals surface area contributed by atoms with Crippen molar-refractivity contribution in [1.82, 2.24) is 0 Å². The molecule has 0 aliphatic carbocycles. The maximum Gasteiger partial charge on any atom is 0.460 e. The Hall–Kier alpha value is -2.71. The van der Waals surface area contributed by atoms with Crippen molar-refractivity contribution in [2.45, 2.75) is 90.3 Å². The summed E-state index contributed by atoms with van der Waals surface area (Å²) >= 11 is 0. The Bertz CT molecular complexity index is 1500. The Morgan fingerprint density at radius 3 is 1.16 bits per heavy atom. The highest BCUT2D eigenvalue weighted by Crippen LogP contribution is 2.71. The molecule has 0 amide bonds. The lowest BCUT2D eigenvalue weighted by Crippen LogP contribution is -2.63. The van der Waals surface area contributed by atoms with Gasteiger partial charge >= 0.3 is 33.4 Å². The van der Waals surface area contributed by atoms with Gasteiger partial charge in [0.2, 0.25) is 0 Å². The van der Waals surface area contributed by atoms with E-state index in [2.05, 4.69) is 0 Å². The molecule has 3 rings (SSSR count). The molecule has 0 aliphatic rings. The predicted octanol–water partition coefficient (Wildman–Crippen LogP) is 10.3. The van der Waals surface area contributed by atoms with Crippen molar-refractivity contribution in [3.05, 3.63) is 90.0 Å². The molecule has 0 heterocycles. The summed E-state index contributed by atoms with van der Waals surface area (Å²) < 4.78 is 156. The SMILES string of the molecule is CC(C)(C)c1ccc(S(OS(=O)(=O)C(F)(F)C(F)(F)C(F)(F)C(F)(F)F)(c2ccccc2)c2ccc(C(C)(C)C)cc2)cc1. The first-order valence-electron chi connectivity index (χ1n) is 13.0. The molecule has 0 radical (unpaired) electrons. The second-order valence-corrected chi connectivity index (χ2v) is 16.6. The van der Waals surface area contributed by atoms with Gasteiger partial charge < -0.3 is 0 Å². The monoisotopic (exact) mass is 674 g/mol. The van der Waals surface area contributed by atoms with Crippen LogP contribution < -0.4 is 0 Å². The first kappa shape index (κ1) is 35.8. The summed E-state index contributed by atoms with van der Waals surface area (Å²) in [6.45, 7) is 11.1. The van der Waals surface area contributed by atoms with Gasteiger partial charge in [-0.2, -0.15) is 47.9 Å². The first-order valence-corrected chi connectivity index (χ1v) is 16.0. The highest BCUT2D eigenvalue weighted by molar-refractivity contribution is 8.33. The van der Waals surface area contributed by atoms with E-state index in [-0.39, 0.29) is 14.7 Å². The van der Waals surface area contributed by atoms with Crippen molar-refractivity contribution < 1.29 is 51.6 Å². The van der Waals surface area contributed by atoms with Crippen LogP contribution in [0.2, 0.25) is 0 Å². The second-order valence-electron chi connectivity index (χ2n) is 12.1. The Balaban J connectivity index is 2.42. The summed E-state index contributed by atoms with van der Waals surface area (Å²) in [5, 5.41) is -7.04. The minimum Gasteiger partial charge on any atom is -0.202 e. The molecule has 0 unspecified atom stereocenters. The van der Waals surface area contributed by atoms with Gasteiger partial charge in [0.05, 0.1) is 0 Å². The van der Waals surface area contributed by atoms with Crippen molar-refractivity contribution in [1.29, 1.82) is 0 Å². The van der Waals surface area contributed by atoms with Crippen LogP contribution in [0.4, 0.5) is 39.5 Å². The van der Waals surface area contributed by atoms with Crippen molar-refractivity contribution >= 4 is 20.4 Å². The molecule has 3 nitrogen and oxygen atoms in total. The molecule has 0 aromatic heterocycles. The zero-order valence-corrected chi connectivity index (χ0v) is 26.1. The van der Waals surface area contributed by atoms with Crippen molar-refractivity contribution in [2.24, 2.45) is 0 Å². The molecule has 0 atom stereocenters. The molecule has 3 aromatic carbocycles. The Kier molecular flexibility index (Phi) is 9.16. The minimum absolute atomic E-state index is 0.134. The van der Waals surface area contributed by atoms with Gasteiger partial charge in [-0.15, -0.1) is 0 Å². The summed E-state index contributed by atoms with van der Waals surface area (Å²) in [6, 6.07) is 18.0. The molecule has 0 aliphatic heterocycles. The third-order valence-electron chi connectivity index (χ3n) is 6.80. The van der Waals surface area contributed by atoms with Gasteiger partial charge in [0, 0.05) is 14.7 Å². The van der Waals surface area contributed by atoms with E-state index in [0.29, 0.717) is 11.1 Å². The molecule has 3 aromatic rings. The van der Waals surface area contributed by atoms with Crippen LogP contribution in [0, 0.1) is 0 Å². The summed E-state index contributed by atoms with van der Waals surface area (Å²) in [5.74, 6) is -14.9. The van der Waals surface area contributed by atoms with E-state index >= 15 is 8.78 Å². The molecule has 244 valence electrons. The highest BCUT2D eigenvalue weighted by Gasteiger charge is 2.86. The van der Waals surface area contributed by atoms with E-state index in [4.69, 9.17) is 3.63 Å². The molecule has 0 N–H and O–H groups in total. The largest absolute Gasteiger partial charge is 0.460 e. The lowest BCUT2D eigenvalue weighted by molar-refractivity contribution is -0.382. The fourth-order valence-electron chi connectivity index (χ4n) is 4.13. The normalized spacial score (nSPS) is 14.9. The topological polar surface area (TPSA) is 43.4 Å². The number of rotatable bonds is 8. The van der Waals surface area contributed by atoms with Gasteiger partial charge in [-0.25, -0.2) is 3.63 Å². The number of halogens is 9.